The van der Waals surface area contributed by atoms with E-state index in [1.165, 1.54) is 13.8 Å². The Balaban J connectivity index is 1.05. The number of thioether (sulfide) groups is 1. The number of rotatable bonds is 33. The van der Waals surface area contributed by atoms with Crippen molar-refractivity contribution in [3.63, 3.8) is 0 Å². The fraction of sp³-hybridized carbons (Fsp3) is 0.780. The second kappa shape index (κ2) is 29.2. The number of unbranched alkanes of at least 4 members (excludes halogenated alkanes) is 6. The van der Waals surface area contributed by atoms with Gasteiger partial charge in [0.15, 0.2) is 29.1 Å². The second-order valence-corrected chi connectivity index (χ2v) is 23.9. The van der Waals surface area contributed by atoms with Crippen LogP contribution in [-0.2, 0) is 65.0 Å². The third-order valence-electron chi connectivity index (χ3n) is 11.7. The summed E-state index contributed by atoms with van der Waals surface area (Å²) in [6.45, 7) is 3.92. The molecule has 422 valence electrons. The van der Waals surface area contributed by atoms with Crippen LogP contribution in [0.2, 0.25) is 0 Å². The summed E-state index contributed by atoms with van der Waals surface area (Å²) in [5.74, 6) is -1.53. The molecule has 0 aromatic carbocycles. The number of carbonyl (C=O) groups is 4. The van der Waals surface area contributed by atoms with Crippen molar-refractivity contribution in [2.45, 2.75) is 166 Å². The zero-order valence-corrected chi connectivity index (χ0v) is 44.9. The standard InChI is InChI=1S/C41H70N7O22P3S/c1-24(66-40-28(51)19-27(50)25(2)67-40)12-10-8-6-5-7-9-11-13-26(49)18-31(53)74-17-16-43-30(52)14-15-44-38(56)35(55)41(3,4)21-65-73(62,63)70-72(60,61)64-20-29-34(69-71(57,58)59)33(54)39(68-29)48-23-47-32-36(42)45-22-46-37(32)48/h22-25,27-29,33-35,39-40,50-51,54-55H,5-21H2,1-4H3,(H,43,52)(H,44,56)(H,60,61)(H,62,63)(H2,42,45,46)(H2,57,58,59)/t24-,25+,27-,28-,29-,33-,34-,35+,39-,40-/m1/s1. The van der Waals surface area contributed by atoms with E-state index in [1.54, 1.807) is 6.92 Å². The van der Waals surface area contributed by atoms with Crippen LogP contribution in [0.25, 0.3) is 11.2 Å². The van der Waals surface area contributed by atoms with Crippen LogP contribution < -0.4 is 16.4 Å². The number of nitrogen functional groups attached to an aromatic ring is 1. The van der Waals surface area contributed by atoms with Gasteiger partial charge in [0.2, 0.25) is 11.8 Å². The van der Waals surface area contributed by atoms with Crippen molar-refractivity contribution in [2.24, 2.45) is 5.41 Å². The second-order valence-electron chi connectivity index (χ2n) is 18.5. The number of imidazole rings is 1. The minimum atomic E-state index is -5.61. The number of amides is 2. The highest BCUT2D eigenvalue weighted by Gasteiger charge is 2.50. The maximum atomic E-state index is 12.8. The fourth-order valence-corrected chi connectivity index (χ4v) is 11.1. The number of aliphatic hydroxyl groups is 4. The van der Waals surface area contributed by atoms with Gasteiger partial charge in [-0.25, -0.2) is 28.6 Å². The predicted molar refractivity (Wildman–Crippen MR) is 260 cm³/mol. The van der Waals surface area contributed by atoms with Crippen LogP contribution in [0.5, 0.6) is 0 Å². The van der Waals surface area contributed by atoms with Crippen LogP contribution in [0.3, 0.4) is 0 Å². The largest absolute Gasteiger partial charge is 0.481 e. The Kier molecular flexibility index (Phi) is 25.1. The highest BCUT2D eigenvalue weighted by atomic mass is 32.2. The number of carbonyl (C=O) groups excluding carboxylic acids is 4. The zero-order valence-electron chi connectivity index (χ0n) is 41.4. The minimum absolute atomic E-state index is 0.0191. The average molecular weight is 1140 g/mol. The Morgan fingerprint density at radius 1 is 0.905 bits per heavy atom. The number of anilines is 1. The summed E-state index contributed by atoms with van der Waals surface area (Å²) >= 11 is 0.906. The number of hydrogen-bond acceptors (Lipinski definition) is 23. The Bertz CT molecular complexity index is 2310. The smallest absolute Gasteiger partial charge is 0.390 e. The minimum Gasteiger partial charge on any atom is -0.390 e. The number of ether oxygens (including phenoxy) is 3. The quantitative estimate of drug-likeness (QED) is 0.0273. The van der Waals surface area contributed by atoms with Gasteiger partial charge in [-0.2, -0.15) is 4.31 Å². The topological polar surface area (TPSA) is 440 Å². The van der Waals surface area contributed by atoms with Crippen molar-refractivity contribution in [3.05, 3.63) is 12.7 Å². The summed E-state index contributed by atoms with van der Waals surface area (Å²) in [6, 6.07) is 0. The number of aliphatic hydroxyl groups excluding tert-OH is 4. The van der Waals surface area contributed by atoms with E-state index in [9.17, 15) is 72.9 Å². The Hall–Kier alpha value is -2.93. The molecule has 4 rings (SSSR count). The number of phosphoric acid groups is 3. The van der Waals surface area contributed by atoms with Crippen LogP contribution in [0.1, 0.15) is 111 Å². The first-order valence-corrected chi connectivity index (χ1v) is 29.3. The molecule has 12 atom stereocenters. The Labute approximate surface area is 430 Å². The van der Waals surface area contributed by atoms with Gasteiger partial charge in [0.25, 0.3) is 0 Å². The molecule has 0 saturated carbocycles. The molecule has 12 N–H and O–H groups in total. The molecule has 2 unspecified atom stereocenters. The van der Waals surface area contributed by atoms with E-state index in [-0.39, 0.29) is 72.1 Å². The molecule has 0 aliphatic carbocycles. The van der Waals surface area contributed by atoms with Crippen molar-refractivity contribution in [1.82, 2.24) is 30.2 Å². The lowest BCUT2D eigenvalue weighted by Gasteiger charge is -2.36. The van der Waals surface area contributed by atoms with Gasteiger partial charge in [-0.3, -0.25) is 37.3 Å². The fourth-order valence-electron chi connectivity index (χ4n) is 7.60. The molecule has 2 aromatic heterocycles. The molecule has 74 heavy (non-hydrogen) atoms. The molecule has 29 nitrogen and oxygen atoms in total. The number of ketones is 1. The summed E-state index contributed by atoms with van der Waals surface area (Å²) in [5, 5.41) is 46.1. The Morgan fingerprint density at radius 2 is 1.57 bits per heavy atom. The molecular weight excluding hydrogens is 1070 g/mol. The lowest BCUT2D eigenvalue weighted by atomic mass is 9.87. The lowest BCUT2D eigenvalue weighted by Crippen LogP contribution is -2.48. The number of phosphoric ester groups is 3. The highest BCUT2D eigenvalue weighted by Crippen LogP contribution is 2.61. The summed E-state index contributed by atoms with van der Waals surface area (Å²) < 4.78 is 73.8. The first-order chi connectivity index (χ1) is 34.6. The predicted octanol–water partition coefficient (Wildman–Crippen LogP) is 1.40. The highest BCUT2D eigenvalue weighted by molar-refractivity contribution is 8.13. The van der Waals surface area contributed by atoms with Gasteiger partial charge in [0, 0.05) is 43.5 Å². The van der Waals surface area contributed by atoms with E-state index >= 15 is 0 Å². The summed E-state index contributed by atoms with van der Waals surface area (Å²) in [4.78, 5) is 101. The van der Waals surface area contributed by atoms with Crippen LogP contribution in [0.15, 0.2) is 12.7 Å². The van der Waals surface area contributed by atoms with Crippen molar-refractivity contribution in [3.8, 4) is 0 Å². The molecule has 2 aliphatic rings. The van der Waals surface area contributed by atoms with Gasteiger partial charge in [-0.1, -0.05) is 64.1 Å². The lowest BCUT2D eigenvalue weighted by molar-refractivity contribution is -0.273. The number of nitrogens with two attached hydrogens (primary N) is 1. The number of fused-ring (bicyclic) bond motifs is 1. The summed E-state index contributed by atoms with van der Waals surface area (Å²) in [6.07, 6.45) is -2.24. The molecule has 2 saturated heterocycles. The van der Waals surface area contributed by atoms with Crippen LogP contribution in [0, 0.1) is 5.41 Å². The van der Waals surface area contributed by atoms with Crippen molar-refractivity contribution in [2.75, 3.05) is 37.8 Å². The molecule has 0 spiro atoms. The average Bonchev–Trinajstić information content (AvgIpc) is 3.87. The molecule has 2 fully saturated rings. The maximum Gasteiger partial charge on any atom is 0.481 e. The molecule has 2 aromatic rings. The monoisotopic (exact) mass is 1140 g/mol. The zero-order chi connectivity index (χ0) is 55.0. The van der Waals surface area contributed by atoms with E-state index in [4.69, 9.17) is 29.0 Å². The first kappa shape index (κ1) is 63.6. The summed E-state index contributed by atoms with van der Waals surface area (Å²) in [7, 11) is -16.5. The molecule has 2 aliphatic heterocycles. The number of Topliss-reactive ketones (excluding diaryl/α,β-unsaturated/α-hetero) is 1. The van der Waals surface area contributed by atoms with E-state index in [0.717, 1.165) is 73.9 Å². The molecule has 0 bridgehead atoms. The van der Waals surface area contributed by atoms with Gasteiger partial charge >= 0.3 is 23.5 Å². The third-order valence-corrected chi connectivity index (χ3v) is 15.7. The normalized spacial score (nSPS) is 25.0. The van der Waals surface area contributed by atoms with Gasteiger partial charge in [0.05, 0.1) is 44.3 Å². The SMILES string of the molecule is C[C@H](CCCCCCCCCC(=O)CC(=O)SCCNC(=O)CCNC(=O)[C@H](O)C(C)(C)COP(=O)(O)OP(=O)(O)OC[C@H]1O[C@@H](n2cnc3c(N)ncnc32)[C@H](O)[C@@H]1OP(=O)(O)O)O[C@@H]1O[C@@H](C)[C@H](O)C[C@H]1O. The third kappa shape index (κ3) is 21.1. The molecular formula is C41H70N7O22P3S. The van der Waals surface area contributed by atoms with Crippen LogP contribution in [-0.4, -0.2) is 169 Å². The number of hydrogen-bond donors (Lipinski definition) is 11. The van der Waals surface area contributed by atoms with Gasteiger partial charge in [-0.15, -0.1) is 0 Å². The van der Waals surface area contributed by atoms with E-state index in [1.807, 2.05) is 6.92 Å². The molecule has 2 amide bonds. The van der Waals surface area contributed by atoms with Gasteiger partial charge in [0.1, 0.15) is 48.1 Å². The first-order valence-electron chi connectivity index (χ1n) is 23.8. The number of aromatic nitrogens is 4. The van der Waals surface area contributed by atoms with Crippen molar-refractivity contribution < 1.29 is 105 Å². The van der Waals surface area contributed by atoms with E-state index in [2.05, 4.69) is 34.4 Å². The van der Waals surface area contributed by atoms with Crippen molar-refractivity contribution in [1.29, 1.82) is 0 Å². The maximum absolute atomic E-state index is 12.8. The molecule has 0 radical (unpaired) electrons. The van der Waals surface area contributed by atoms with E-state index in [0.29, 0.717) is 12.8 Å². The number of nitrogens with one attached hydrogen (secondary N) is 2. The molecule has 33 heteroatoms. The van der Waals surface area contributed by atoms with Crippen LogP contribution >= 0.6 is 35.2 Å². The Morgan fingerprint density at radius 3 is 2.26 bits per heavy atom. The van der Waals surface area contributed by atoms with E-state index < -0.39 is 109 Å². The van der Waals surface area contributed by atoms with Gasteiger partial charge in [-0.05, 0) is 26.7 Å². The molecule has 4 heterocycles. The number of nitrogens with zero attached hydrogens (tertiary/aromatic N) is 4. The van der Waals surface area contributed by atoms with Gasteiger partial charge < -0.3 is 70.6 Å². The van der Waals surface area contributed by atoms with Crippen molar-refractivity contribution >= 4 is 74.9 Å². The van der Waals surface area contributed by atoms with Crippen LogP contribution in [0.4, 0.5) is 5.82 Å². The summed E-state index contributed by atoms with van der Waals surface area (Å²) in [5.41, 5.74) is 4.21.